The summed E-state index contributed by atoms with van der Waals surface area (Å²) >= 11 is 3.30. The molecule has 21 heavy (non-hydrogen) atoms. The minimum absolute atomic E-state index is 0.0349. The van der Waals surface area contributed by atoms with Gasteiger partial charge in [0.25, 0.3) is 0 Å². The maximum Gasteiger partial charge on any atom is 0.201 e. The van der Waals surface area contributed by atoms with Crippen molar-refractivity contribution >= 4 is 27.5 Å². The molecule has 0 atom stereocenters. The lowest BCUT2D eigenvalue weighted by Crippen LogP contribution is -2.21. The number of aryl methyl sites for hydroxylation is 1. The molecule has 0 amide bonds. The molecule has 2 aromatic carbocycles. The molecule has 0 saturated heterocycles. The van der Waals surface area contributed by atoms with E-state index in [1.165, 1.54) is 24.3 Å². The van der Waals surface area contributed by atoms with Gasteiger partial charge in [-0.1, -0.05) is 28.1 Å². The Balaban J connectivity index is 2.28. The van der Waals surface area contributed by atoms with E-state index < -0.39 is 5.78 Å². The zero-order valence-electron chi connectivity index (χ0n) is 10.9. The fraction of sp³-hybridized carbons (Fsp3) is 0.125. The van der Waals surface area contributed by atoms with Gasteiger partial charge in [0.1, 0.15) is 11.5 Å². The van der Waals surface area contributed by atoms with Crippen molar-refractivity contribution in [2.45, 2.75) is 6.42 Å². The van der Waals surface area contributed by atoms with Gasteiger partial charge in [-0.3, -0.25) is 9.59 Å². The standard InChI is InChI=1S/C16H11BrO4/c17-5-4-8-6-10-14(12(19)7-8)16(21)13-9(15(10)20)2-1-3-11(13)18/h1-3,6-7,18-19H,4-5H2. The number of hydrogen-bond acceptors (Lipinski definition) is 4. The van der Waals surface area contributed by atoms with Gasteiger partial charge in [0.05, 0.1) is 11.1 Å². The third-order valence-corrected chi connectivity index (χ3v) is 3.94. The van der Waals surface area contributed by atoms with E-state index in [-0.39, 0.29) is 39.5 Å². The average Bonchev–Trinajstić information content (AvgIpc) is 2.44. The lowest BCUT2D eigenvalue weighted by atomic mass is 9.82. The van der Waals surface area contributed by atoms with Gasteiger partial charge in [-0.2, -0.15) is 0 Å². The molecule has 0 aliphatic heterocycles. The second-order valence-corrected chi connectivity index (χ2v) is 5.63. The number of phenolic OH excluding ortho intramolecular Hbond substituents is 2. The number of benzene rings is 2. The lowest BCUT2D eigenvalue weighted by molar-refractivity contribution is 0.0974. The second kappa shape index (κ2) is 5.00. The van der Waals surface area contributed by atoms with Crippen LogP contribution in [0.25, 0.3) is 0 Å². The van der Waals surface area contributed by atoms with Crippen LogP contribution in [0.4, 0.5) is 0 Å². The van der Waals surface area contributed by atoms with Gasteiger partial charge < -0.3 is 10.2 Å². The SMILES string of the molecule is O=C1c2cccc(O)c2C(=O)c2c(O)cc(CCBr)cc21. The Morgan fingerprint density at radius 3 is 2.33 bits per heavy atom. The van der Waals surface area contributed by atoms with Crippen LogP contribution in [-0.4, -0.2) is 27.1 Å². The summed E-state index contributed by atoms with van der Waals surface area (Å²) in [6.45, 7) is 0. The first-order valence-corrected chi connectivity index (χ1v) is 7.50. The Kier molecular flexibility index (Phi) is 3.29. The number of phenols is 2. The number of rotatable bonds is 2. The Morgan fingerprint density at radius 1 is 0.905 bits per heavy atom. The van der Waals surface area contributed by atoms with E-state index >= 15 is 0 Å². The zero-order valence-corrected chi connectivity index (χ0v) is 12.5. The predicted molar refractivity (Wildman–Crippen MR) is 80.6 cm³/mol. The van der Waals surface area contributed by atoms with E-state index in [2.05, 4.69) is 15.9 Å². The molecule has 4 nitrogen and oxygen atoms in total. The molecule has 0 radical (unpaired) electrons. The van der Waals surface area contributed by atoms with Crippen molar-refractivity contribution in [3.05, 3.63) is 58.1 Å². The molecule has 0 unspecified atom stereocenters. The molecule has 0 aromatic heterocycles. The van der Waals surface area contributed by atoms with Crippen molar-refractivity contribution in [3.63, 3.8) is 0 Å². The average molecular weight is 347 g/mol. The maximum atomic E-state index is 12.5. The topological polar surface area (TPSA) is 74.6 Å². The third-order valence-electron chi connectivity index (χ3n) is 3.55. The summed E-state index contributed by atoms with van der Waals surface area (Å²) in [7, 11) is 0. The van der Waals surface area contributed by atoms with Crippen LogP contribution in [0, 0.1) is 0 Å². The molecule has 1 aliphatic carbocycles. The Bertz CT molecular complexity index is 780. The summed E-state index contributed by atoms with van der Waals surface area (Å²) in [5.41, 5.74) is 1.05. The first-order chi connectivity index (χ1) is 10.0. The van der Waals surface area contributed by atoms with Crippen LogP contribution in [-0.2, 0) is 6.42 Å². The number of halogens is 1. The van der Waals surface area contributed by atoms with Crippen LogP contribution in [0.3, 0.4) is 0 Å². The highest BCUT2D eigenvalue weighted by molar-refractivity contribution is 9.09. The third kappa shape index (κ3) is 2.05. The van der Waals surface area contributed by atoms with E-state index in [4.69, 9.17) is 0 Å². The second-order valence-electron chi connectivity index (χ2n) is 4.83. The number of carbonyl (C=O) groups is 2. The quantitative estimate of drug-likeness (QED) is 0.699. The van der Waals surface area contributed by atoms with Crippen molar-refractivity contribution in [1.82, 2.24) is 0 Å². The van der Waals surface area contributed by atoms with Gasteiger partial charge in [-0.05, 0) is 30.2 Å². The van der Waals surface area contributed by atoms with Gasteiger partial charge in [0.15, 0.2) is 5.78 Å². The fourth-order valence-corrected chi connectivity index (χ4v) is 3.05. The van der Waals surface area contributed by atoms with Gasteiger partial charge in [-0.15, -0.1) is 0 Å². The summed E-state index contributed by atoms with van der Waals surface area (Å²) in [5.74, 6) is -1.36. The van der Waals surface area contributed by atoms with E-state index in [0.29, 0.717) is 11.8 Å². The van der Waals surface area contributed by atoms with Crippen LogP contribution in [0.5, 0.6) is 11.5 Å². The molecular formula is C16H11BrO4. The van der Waals surface area contributed by atoms with Crippen LogP contribution in [0.2, 0.25) is 0 Å². The van der Waals surface area contributed by atoms with Crippen molar-refractivity contribution in [2.75, 3.05) is 5.33 Å². The van der Waals surface area contributed by atoms with Gasteiger partial charge >= 0.3 is 0 Å². The highest BCUT2D eigenvalue weighted by Gasteiger charge is 2.34. The molecule has 0 fully saturated rings. The van der Waals surface area contributed by atoms with Gasteiger partial charge in [-0.25, -0.2) is 0 Å². The largest absolute Gasteiger partial charge is 0.507 e. The molecule has 0 bridgehead atoms. The molecule has 0 saturated carbocycles. The smallest absolute Gasteiger partial charge is 0.201 e. The maximum absolute atomic E-state index is 12.5. The molecule has 0 heterocycles. The molecule has 106 valence electrons. The zero-order chi connectivity index (χ0) is 15.1. The first-order valence-electron chi connectivity index (χ1n) is 6.37. The number of alkyl halides is 1. The number of aromatic hydroxyl groups is 2. The molecule has 2 aromatic rings. The molecule has 1 aliphatic rings. The molecule has 0 spiro atoms. The number of hydrogen-bond donors (Lipinski definition) is 2. The van der Waals surface area contributed by atoms with Gasteiger partial charge in [0.2, 0.25) is 5.78 Å². The highest BCUT2D eigenvalue weighted by atomic mass is 79.9. The molecular weight excluding hydrogens is 336 g/mol. The fourth-order valence-electron chi connectivity index (χ4n) is 2.59. The summed E-state index contributed by atoms with van der Waals surface area (Å²) in [6.07, 6.45) is 0.634. The summed E-state index contributed by atoms with van der Waals surface area (Å²) in [4.78, 5) is 25.0. The van der Waals surface area contributed by atoms with Gasteiger partial charge in [0, 0.05) is 16.5 Å². The van der Waals surface area contributed by atoms with Crippen LogP contribution in [0.1, 0.15) is 37.4 Å². The first kappa shape index (κ1) is 13.8. The minimum atomic E-state index is -0.527. The van der Waals surface area contributed by atoms with Crippen LogP contribution >= 0.6 is 15.9 Å². The van der Waals surface area contributed by atoms with Crippen molar-refractivity contribution < 1.29 is 19.8 Å². The Morgan fingerprint density at radius 2 is 1.62 bits per heavy atom. The predicted octanol–water partition coefficient (Wildman–Crippen LogP) is 2.81. The van der Waals surface area contributed by atoms with E-state index in [1.807, 2.05) is 0 Å². The lowest BCUT2D eigenvalue weighted by Gasteiger charge is -2.20. The number of carbonyl (C=O) groups excluding carboxylic acids is 2. The van der Waals surface area contributed by atoms with Crippen molar-refractivity contribution in [1.29, 1.82) is 0 Å². The molecule has 2 N–H and O–H groups in total. The molecule has 3 rings (SSSR count). The Labute approximate surface area is 129 Å². The van der Waals surface area contributed by atoms with Crippen LogP contribution < -0.4 is 0 Å². The summed E-state index contributed by atoms with van der Waals surface area (Å²) in [6, 6.07) is 7.49. The number of fused-ring (bicyclic) bond motifs is 2. The van der Waals surface area contributed by atoms with E-state index in [0.717, 1.165) is 5.56 Å². The summed E-state index contributed by atoms with van der Waals surface area (Å²) in [5, 5.41) is 20.6. The number of ketones is 2. The monoisotopic (exact) mass is 346 g/mol. The Hall–Kier alpha value is -2.14. The van der Waals surface area contributed by atoms with Crippen LogP contribution in [0.15, 0.2) is 30.3 Å². The van der Waals surface area contributed by atoms with E-state index in [9.17, 15) is 19.8 Å². The van der Waals surface area contributed by atoms with Crippen molar-refractivity contribution in [2.24, 2.45) is 0 Å². The van der Waals surface area contributed by atoms with Crippen molar-refractivity contribution in [3.8, 4) is 11.5 Å². The highest BCUT2D eigenvalue weighted by Crippen LogP contribution is 2.37. The van der Waals surface area contributed by atoms with E-state index in [1.54, 1.807) is 6.07 Å². The minimum Gasteiger partial charge on any atom is -0.507 e. The molecule has 5 heteroatoms. The summed E-state index contributed by atoms with van der Waals surface area (Å²) < 4.78 is 0. The normalized spacial score (nSPS) is 13.0.